The highest BCUT2D eigenvalue weighted by Gasteiger charge is 2.32. The molecule has 0 amide bonds. The molecule has 0 atom stereocenters. The molecule has 5 rings (SSSR count). The highest BCUT2D eigenvalue weighted by Crippen LogP contribution is 2.35. The van der Waals surface area contributed by atoms with Gasteiger partial charge in [-0.1, -0.05) is 72.8 Å². The van der Waals surface area contributed by atoms with Crippen molar-refractivity contribution in [2.24, 2.45) is 11.8 Å². The van der Waals surface area contributed by atoms with Gasteiger partial charge >= 0.3 is 0 Å². The Morgan fingerprint density at radius 1 is 0.852 bits per heavy atom. The lowest BCUT2D eigenvalue weighted by Gasteiger charge is -2.25. The van der Waals surface area contributed by atoms with E-state index in [9.17, 15) is 5.26 Å². The number of rotatable bonds is 5. The molecule has 2 heteroatoms. The van der Waals surface area contributed by atoms with Crippen LogP contribution in [0.4, 0.5) is 0 Å². The summed E-state index contributed by atoms with van der Waals surface area (Å²) in [6, 6.07) is 23.0. The molecule has 0 radical (unpaired) electrons. The average molecular weight is 357 g/mol. The molecule has 2 bridgehead atoms. The zero-order valence-electron chi connectivity index (χ0n) is 15.9. The van der Waals surface area contributed by atoms with Gasteiger partial charge in [-0.2, -0.15) is 5.26 Å². The predicted molar refractivity (Wildman–Crippen MR) is 110 cm³/mol. The third kappa shape index (κ3) is 3.84. The largest absolute Gasteiger partial charge is 0.299 e. The lowest BCUT2D eigenvalue weighted by Crippen LogP contribution is -2.29. The van der Waals surface area contributed by atoms with Gasteiger partial charge in [0, 0.05) is 19.6 Å². The first-order chi connectivity index (χ1) is 13.3. The van der Waals surface area contributed by atoms with Gasteiger partial charge in [0.25, 0.3) is 0 Å². The van der Waals surface area contributed by atoms with Crippen LogP contribution in [-0.4, -0.2) is 24.5 Å². The van der Waals surface area contributed by atoms with E-state index in [2.05, 4.69) is 47.4 Å². The summed E-state index contributed by atoms with van der Waals surface area (Å²) in [6.07, 6.45) is 9.97. The third-order valence-electron chi connectivity index (χ3n) is 6.37. The summed E-state index contributed by atoms with van der Waals surface area (Å²) < 4.78 is 0. The Kier molecular flexibility index (Phi) is 5.41. The van der Waals surface area contributed by atoms with Crippen molar-refractivity contribution in [1.82, 2.24) is 4.90 Å². The van der Waals surface area contributed by atoms with Crippen LogP contribution in [0, 0.1) is 23.2 Å². The lowest BCUT2D eigenvalue weighted by molar-refractivity contribution is 0.278. The van der Waals surface area contributed by atoms with Gasteiger partial charge in [0.05, 0.1) is 6.07 Å². The fourth-order valence-corrected chi connectivity index (χ4v) is 4.86. The van der Waals surface area contributed by atoms with Crippen LogP contribution in [0.2, 0.25) is 0 Å². The monoisotopic (exact) mass is 356 g/mol. The van der Waals surface area contributed by atoms with Crippen LogP contribution in [0.1, 0.15) is 36.8 Å². The van der Waals surface area contributed by atoms with Crippen molar-refractivity contribution in [3.8, 4) is 6.07 Å². The van der Waals surface area contributed by atoms with Crippen LogP contribution in [0.15, 0.2) is 72.8 Å². The molecule has 2 aromatic carbocycles. The second kappa shape index (κ2) is 8.11. The summed E-state index contributed by atoms with van der Waals surface area (Å²) in [4.78, 5) is 2.60. The number of allylic oxidation sites excluding steroid dienone is 1. The van der Waals surface area contributed by atoms with E-state index in [0.717, 1.165) is 29.5 Å². The average Bonchev–Trinajstić information content (AvgIpc) is 3.06. The van der Waals surface area contributed by atoms with Crippen LogP contribution in [-0.2, 0) is 5.41 Å². The molecule has 2 aliphatic heterocycles. The molecule has 3 fully saturated rings. The molecule has 1 saturated carbocycles. The highest BCUT2D eigenvalue weighted by atomic mass is 15.1. The van der Waals surface area contributed by atoms with Crippen LogP contribution in [0.25, 0.3) is 0 Å². The molecule has 3 aliphatic rings. The van der Waals surface area contributed by atoms with E-state index in [0.29, 0.717) is 0 Å². The smallest absolute Gasteiger partial charge is 0.125 e. The Morgan fingerprint density at radius 2 is 1.33 bits per heavy atom. The number of benzene rings is 2. The summed E-state index contributed by atoms with van der Waals surface area (Å²) in [6.45, 7) is 3.38. The van der Waals surface area contributed by atoms with E-state index in [1.54, 1.807) is 0 Å². The maximum atomic E-state index is 10.2. The molecule has 2 aromatic rings. The van der Waals surface area contributed by atoms with Crippen molar-refractivity contribution in [3.63, 3.8) is 0 Å². The van der Waals surface area contributed by atoms with E-state index in [-0.39, 0.29) is 0 Å². The van der Waals surface area contributed by atoms with E-state index < -0.39 is 5.41 Å². The molecular formula is C25H28N2. The Balaban J connectivity index is 1.60. The second-order valence-electron chi connectivity index (χ2n) is 8.16. The van der Waals surface area contributed by atoms with Crippen LogP contribution in [0.5, 0.6) is 0 Å². The first-order valence-corrected chi connectivity index (χ1v) is 10.2. The SMILES string of the molecule is N#CC(C=CCN1C[C@H]2CC[C@@H](CC2)C1)(c1ccccc1)c1ccccc1. The first kappa shape index (κ1) is 18.0. The molecular weight excluding hydrogens is 328 g/mol. The fourth-order valence-electron chi connectivity index (χ4n) is 4.86. The van der Waals surface area contributed by atoms with Crippen molar-refractivity contribution in [1.29, 1.82) is 5.26 Å². The summed E-state index contributed by atoms with van der Waals surface area (Å²) in [5.74, 6) is 1.75. The van der Waals surface area contributed by atoms with Gasteiger partial charge in [0.15, 0.2) is 0 Å². The maximum absolute atomic E-state index is 10.2. The molecule has 0 spiro atoms. The molecule has 27 heavy (non-hydrogen) atoms. The highest BCUT2D eigenvalue weighted by molar-refractivity contribution is 5.50. The summed E-state index contributed by atoms with van der Waals surface area (Å²) >= 11 is 0. The standard InChI is InChI=1S/C25H28N2/c26-20-25(23-8-3-1-4-9-23,24-10-5-2-6-11-24)16-7-17-27-18-21-12-13-22(19-27)15-14-21/h1-11,16,21-22H,12-15,17-19H2/t21-,22-. The molecule has 0 N–H and O–H groups in total. The number of nitriles is 1. The Labute approximate surface area is 163 Å². The van der Waals surface area contributed by atoms with Crippen LogP contribution >= 0.6 is 0 Å². The number of fused-ring (bicyclic) bond motifs is 4. The predicted octanol–water partition coefficient (Wildman–Crippen LogP) is 5.17. The van der Waals surface area contributed by atoms with Gasteiger partial charge in [-0.3, -0.25) is 4.90 Å². The normalized spacial score (nSPS) is 23.2. The topological polar surface area (TPSA) is 27.0 Å². The van der Waals surface area contributed by atoms with E-state index >= 15 is 0 Å². The van der Waals surface area contributed by atoms with Gasteiger partial charge in [0.1, 0.15) is 5.41 Å². The number of nitrogens with zero attached hydrogens (tertiary/aromatic N) is 2. The molecule has 1 aliphatic carbocycles. The fraction of sp³-hybridized carbons (Fsp3) is 0.400. The van der Waals surface area contributed by atoms with E-state index in [4.69, 9.17) is 0 Å². The Bertz CT molecular complexity index is 742. The molecule has 2 saturated heterocycles. The van der Waals surface area contributed by atoms with Gasteiger partial charge in [0.2, 0.25) is 0 Å². The first-order valence-electron chi connectivity index (χ1n) is 10.2. The molecule has 2 heterocycles. The minimum atomic E-state index is -0.729. The zero-order valence-corrected chi connectivity index (χ0v) is 15.9. The van der Waals surface area contributed by atoms with Crippen molar-refractivity contribution >= 4 is 0 Å². The van der Waals surface area contributed by atoms with Gasteiger partial charge in [-0.05, 0) is 48.6 Å². The van der Waals surface area contributed by atoms with Gasteiger partial charge in [-0.15, -0.1) is 0 Å². The number of hydrogen-bond donors (Lipinski definition) is 0. The van der Waals surface area contributed by atoms with Crippen molar-refractivity contribution < 1.29 is 0 Å². The van der Waals surface area contributed by atoms with Gasteiger partial charge < -0.3 is 0 Å². The second-order valence-corrected chi connectivity index (χ2v) is 8.16. The van der Waals surface area contributed by atoms with Crippen LogP contribution in [0.3, 0.4) is 0 Å². The lowest BCUT2D eigenvalue weighted by atomic mass is 9.75. The Morgan fingerprint density at radius 3 is 1.78 bits per heavy atom. The van der Waals surface area contributed by atoms with Crippen LogP contribution < -0.4 is 0 Å². The van der Waals surface area contributed by atoms with Crippen molar-refractivity contribution in [2.45, 2.75) is 31.1 Å². The molecule has 0 aromatic heterocycles. The minimum Gasteiger partial charge on any atom is -0.299 e. The van der Waals surface area contributed by atoms with E-state index in [1.807, 2.05) is 36.4 Å². The summed E-state index contributed by atoms with van der Waals surface area (Å²) in [7, 11) is 0. The zero-order chi connectivity index (χ0) is 18.5. The third-order valence-corrected chi connectivity index (χ3v) is 6.37. The Hall–Kier alpha value is -2.37. The summed E-state index contributed by atoms with van der Waals surface area (Å²) in [5, 5.41) is 10.2. The number of hydrogen-bond acceptors (Lipinski definition) is 2. The van der Waals surface area contributed by atoms with Gasteiger partial charge in [-0.25, -0.2) is 0 Å². The summed E-state index contributed by atoms with van der Waals surface area (Å²) in [5.41, 5.74) is 1.34. The van der Waals surface area contributed by atoms with Crippen molar-refractivity contribution in [3.05, 3.63) is 83.9 Å². The molecule has 2 nitrogen and oxygen atoms in total. The van der Waals surface area contributed by atoms with Crippen molar-refractivity contribution in [2.75, 3.05) is 19.6 Å². The molecule has 138 valence electrons. The quantitative estimate of drug-likeness (QED) is 0.691. The van der Waals surface area contributed by atoms with E-state index in [1.165, 1.54) is 38.8 Å². The minimum absolute atomic E-state index is 0.729. The molecule has 0 unspecified atom stereocenters. The maximum Gasteiger partial charge on any atom is 0.125 e.